The highest BCUT2D eigenvalue weighted by Gasteiger charge is 2.28. The highest BCUT2D eigenvalue weighted by Crippen LogP contribution is 2.33. The van der Waals surface area contributed by atoms with Crippen molar-refractivity contribution in [3.05, 3.63) is 59.8 Å². The average Bonchev–Trinajstić information content (AvgIpc) is 2.70. The number of carbonyl (C=O) groups is 1. The van der Waals surface area contributed by atoms with Gasteiger partial charge in [-0.3, -0.25) is 4.79 Å². The van der Waals surface area contributed by atoms with E-state index < -0.39 is 12.8 Å². The largest absolute Gasteiger partial charge is 0.493 e. The van der Waals surface area contributed by atoms with Crippen LogP contribution in [0.25, 0.3) is 0 Å². The molecule has 1 aromatic carbocycles. The lowest BCUT2D eigenvalue weighted by atomic mass is 10.0. The molecule has 0 aliphatic heterocycles. The number of allylic oxidation sites excluding steroid dienone is 1. The predicted molar refractivity (Wildman–Crippen MR) is 100 cm³/mol. The summed E-state index contributed by atoms with van der Waals surface area (Å²) in [4.78, 5) is 16.3. The summed E-state index contributed by atoms with van der Waals surface area (Å²) in [5.74, 6) is 0.368. The standard InChI is InChI=1S/C20H21F3N2O4/c1-4-5-14-9-15(10-16(27-2)18(14)28-3)19(26)25-11-13-6-7-24-17(8-13)29-12-20(21,22)23/h4,6-10H,1,5,11-12H2,2-3H3,(H,25,26). The highest BCUT2D eigenvalue weighted by molar-refractivity contribution is 5.95. The Morgan fingerprint density at radius 2 is 2.00 bits per heavy atom. The first-order valence-electron chi connectivity index (χ1n) is 8.56. The number of alkyl halides is 3. The molecule has 1 heterocycles. The Labute approximate surface area is 166 Å². The van der Waals surface area contributed by atoms with Crippen LogP contribution in [0.1, 0.15) is 21.5 Å². The number of nitrogens with zero attached hydrogens (tertiary/aromatic N) is 1. The number of amides is 1. The van der Waals surface area contributed by atoms with Crippen LogP contribution in [-0.4, -0.2) is 37.9 Å². The molecule has 0 radical (unpaired) electrons. The molecule has 1 aromatic heterocycles. The number of nitrogens with one attached hydrogen (secondary N) is 1. The number of hydrogen-bond acceptors (Lipinski definition) is 5. The zero-order valence-corrected chi connectivity index (χ0v) is 16.0. The molecular weight excluding hydrogens is 389 g/mol. The Morgan fingerprint density at radius 1 is 1.24 bits per heavy atom. The Bertz CT molecular complexity index is 869. The summed E-state index contributed by atoms with van der Waals surface area (Å²) in [6.07, 6.45) is -0.988. The minimum absolute atomic E-state index is 0.0782. The van der Waals surface area contributed by atoms with Crippen molar-refractivity contribution in [2.75, 3.05) is 20.8 Å². The van der Waals surface area contributed by atoms with E-state index in [0.717, 1.165) is 5.56 Å². The van der Waals surface area contributed by atoms with Gasteiger partial charge in [0.05, 0.1) is 14.2 Å². The smallest absolute Gasteiger partial charge is 0.422 e. The van der Waals surface area contributed by atoms with Gasteiger partial charge in [-0.2, -0.15) is 13.2 Å². The summed E-state index contributed by atoms with van der Waals surface area (Å²) in [6, 6.07) is 6.12. The second-order valence-corrected chi connectivity index (χ2v) is 5.95. The molecule has 156 valence electrons. The van der Waals surface area contributed by atoms with Crippen LogP contribution >= 0.6 is 0 Å². The Hall–Kier alpha value is -3.23. The van der Waals surface area contributed by atoms with Crippen LogP contribution in [0.5, 0.6) is 17.4 Å². The van der Waals surface area contributed by atoms with Crippen molar-refractivity contribution in [3.63, 3.8) is 0 Å². The normalized spacial score (nSPS) is 10.9. The molecule has 2 aromatic rings. The van der Waals surface area contributed by atoms with Crippen LogP contribution in [0.3, 0.4) is 0 Å². The quantitative estimate of drug-likeness (QED) is 0.639. The van der Waals surface area contributed by atoms with Crippen molar-refractivity contribution in [1.29, 1.82) is 0 Å². The van der Waals surface area contributed by atoms with E-state index >= 15 is 0 Å². The second-order valence-electron chi connectivity index (χ2n) is 5.95. The third-order valence-corrected chi connectivity index (χ3v) is 3.82. The van der Waals surface area contributed by atoms with Crippen molar-refractivity contribution in [3.8, 4) is 17.4 Å². The number of benzene rings is 1. The minimum atomic E-state index is -4.46. The molecule has 6 nitrogen and oxygen atoms in total. The fourth-order valence-electron chi connectivity index (χ4n) is 2.56. The van der Waals surface area contributed by atoms with Crippen molar-refractivity contribution in [1.82, 2.24) is 10.3 Å². The van der Waals surface area contributed by atoms with E-state index in [4.69, 9.17) is 9.47 Å². The molecule has 0 fully saturated rings. The SMILES string of the molecule is C=CCc1cc(C(=O)NCc2ccnc(OCC(F)(F)F)c2)cc(OC)c1OC. The summed E-state index contributed by atoms with van der Waals surface area (Å²) in [5.41, 5.74) is 1.62. The van der Waals surface area contributed by atoms with Gasteiger partial charge in [0.25, 0.3) is 5.91 Å². The minimum Gasteiger partial charge on any atom is -0.493 e. The van der Waals surface area contributed by atoms with Gasteiger partial charge in [-0.15, -0.1) is 6.58 Å². The molecule has 9 heteroatoms. The van der Waals surface area contributed by atoms with Gasteiger partial charge in [0, 0.05) is 29.9 Å². The average molecular weight is 410 g/mol. The molecule has 1 amide bonds. The number of methoxy groups -OCH3 is 2. The molecule has 0 saturated carbocycles. The lowest BCUT2D eigenvalue weighted by molar-refractivity contribution is -0.154. The van der Waals surface area contributed by atoms with Gasteiger partial charge in [0.1, 0.15) is 0 Å². The highest BCUT2D eigenvalue weighted by atomic mass is 19.4. The van der Waals surface area contributed by atoms with Crippen LogP contribution in [0.4, 0.5) is 13.2 Å². The Balaban J connectivity index is 2.11. The molecule has 1 N–H and O–H groups in total. The fraction of sp³-hybridized carbons (Fsp3) is 0.300. The Morgan fingerprint density at radius 3 is 2.62 bits per heavy atom. The van der Waals surface area contributed by atoms with E-state index in [2.05, 4.69) is 21.6 Å². The molecule has 0 atom stereocenters. The molecule has 0 bridgehead atoms. The van der Waals surface area contributed by atoms with Crippen LogP contribution in [0.2, 0.25) is 0 Å². The maximum atomic E-state index is 12.6. The number of halogens is 3. The number of carbonyl (C=O) groups excluding carboxylic acids is 1. The zero-order valence-electron chi connectivity index (χ0n) is 16.0. The maximum Gasteiger partial charge on any atom is 0.422 e. The lowest BCUT2D eigenvalue weighted by Crippen LogP contribution is -2.23. The van der Waals surface area contributed by atoms with Crippen LogP contribution in [0.15, 0.2) is 43.1 Å². The summed E-state index contributed by atoms with van der Waals surface area (Å²) < 4.78 is 52.0. The van der Waals surface area contributed by atoms with Gasteiger partial charge in [-0.1, -0.05) is 6.08 Å². The van der Waals surface area contributed by atoms with E-state index in [0.29, 0.717) is 29.0 Å². The molecule has 0 aliphatic rings. The number of aromatic nitrogens is 1. The van der Waals surface area contributed by atoms with Gasteiger partial charge < -0.3 is 19.5 Å². The van der Waals surface area contributed by atoms with E-state index in [1.165, 1.54) is 26.5 Å². The summed E-state index contributed by atoms with van der Waals surface area (Å²) >= 11 is 0. The topological polar surface area (TPSA) is 69.7 Å². The number of ether oxygens (including phenoxy) is 3. The number of pyridine rings is 1. The molecule has 2 rings (SSSR count). The van der Waals surface area contributed by atoms with Gasteiger partial charge in [0.15, 0.2) is 18.1 Å². The second kappa shape index (κ2) is 9.81. The van der Waals surface area contributed by atoms with Gasteiger partial charge in [0.2, 0.25) is 5.88 Å². The van der Waals surface area contributed by atoms with E-state index in [9.17, 15) is 18.0 Å². The third kappa shape index (κ3) is 6.41. The van der Waals surface area contributed by atoms with Crippen LogP contribution in [0, 0.1) is 0 Å². The van der Waals surface area contributed by atoms with Gasteiger partial charge in [-0.05, 0) is 30.2 Å². The first-order chi connectivity index (χ1) is 13.8. The fourth-order valence-corrected chi connectivity index (χ4v) is 2.56. The predicted octanol–water partition coefficient (Wildman–Crippen LogP) is 3.70. The van der Waals surface area contributed by atoms with E-state index in [1.54, 1.807) is 24.3 Å². The number of rotatable bonds is 9. The molecule has 29 heavy (non-hydrogen) atoms. The summed E-state index contributed by atoms with van der Waals surface area (Å²) in [6.45, 7) is 2.33. The first-order valence-corrected chi connectivity index (χ1v) is 8.56. The van der Waals surface area contributed by atoms with Crippen LogP contribution in [-0.2, 0) is 13.0 Å². The van der Waals surface area contributed by atoms with Crippen molar-refractivity contribution >= 4 is 5.91 Å². The molecular formula is C20H21F3N2O4. The first kappa shape index (κ1) is 22.1. The maximum absolute atomic E-state index is 12.6. The number of hydrogen-bond donors (Lipinski definition) is 1. The van der Waals surface area contributed by atoms with E-state index in [-0.39, 0.29) is 18.3 Å². The third-order valence-electron chi connectivity index (χ3n) is 3.82. The Kier molecular flexibility index (Phi) is 7.46. The molecule has 0 spiro atoms. The van der Waals surface area contributed by atoms with E-state index in [1.807, 2.05) is 0 Å². The molecule has 0 aliphatic carbocycles. The van der Waals surface area contributed by atoms with Crippen molar-refractivity contribution in [2.45, 2.75) is 19.1 Å². The van der Waals surface area contributed by atoms with Gasteiger partial charge in [-0.25, -0.2) is 4.98 Å². The monoisotopic (exact) mass is 410 g/mol. The van der Waals surface area contributed by atoms with Crippen molar-refractivity contribution < 1.29 is 32.2 Å². The molecule has 0 saturated heterocycles. The van der Waals surface area contributed by atoms with Crippen LogP contribution < -0.4 is 19.5 Å². The summed E-state index contributed by atoms with van der Waals surface area (Å²) in [5, 5.41) is 2.71. The molecule has 0 unspecified atom stereocenters. The van der Waals surface area contributed by atoms with Crippen molar-refractivity contribution in [2.24, 2.45) is 0 Å². The summed E-state index contributed by atoms with van der Waals surface area (Å²) in [7, 11) is 2.97. The van der Waals surface area contributed by atoms with Gasteiger partial charge >= 0.3 is 6.18 Å². The zero-order chi connectivity index (χ0) is 21.4. The lowest BCUT2D eigenvalue weighted by Gasteiger charge is -2.14.